The zero-order chi connectivity index (χ0) is 28.5. The summed E-state index contributed by atoms with van der Waals surface area (Å²) in [5.74, 6) is -1.98. The summed E-state index contributed by atoms with van der Waals surface area (Å²) in [6.07, 6.45) is 0.995. The molecule has 1 aliphatic heterocycles. The number of hydrogen-bond acceptors (Lipinski definition) is 9. The number of carbonyl (C=O) groups is 1. The van der Waals surface area contributed by atoms with Gasteiger partial charge < -0.3 is 44.7 Å². The van der Waals surface area contributed by atoms with Crippen LogP contribution in [0.1, 0.15) is 49.4 Å². The topological polar surface area (TPSA) is 144 Å². The number of methoxy groups -OCH3 is 3. The molecule has 1 spiro atoms. The van der Waals surface area contributed by atoms with Crippen molar-refractivity contribution >= 4 is 11.7 Å². The van der Waals surface area contributed by atoms with Crippen molar-refractivity contribution in [2.75, 3.05) is 40.2 Å². The molecule has 1 unspecified atom stereocenters. The summed E-state index contributed by atoms with van der Waals surface area (Å²) in [4.78, 5) is 13.7. The maximum Gasteiger partial charge on any atom is 0.341 e. The quantitative estimate of drug-likeness (QED) is 0.206. The highest BCUT2D eigenvalue weighted by Gasteiger charge is 2.91. The Hall–Kier alpha value is -1.79. The first-order chi connectivity index (χ1) is 19.0. The summed E-state index contributed by atoms with van der Waals surface area (Å²) >= 11 is 0. The summed E-state index contributed by atoms with van der Waals surface area (Å²) in [5, 5.41) is 40.7. The third-order valence-corrected chi connectivity index (χ3v) is 12.7. The molecule has 4 N–H and O–H groups in total. The van der Waals surface area contributed by atoms with E-state index in [-0.39, 0.29) is 49.1 Å². The van der Waals surface area contributed by atoms with Crippen LogP contribution in [0.25, 0.3) is 0 Å². The van der Waals surface area contributed by atoms with Crippen molar-refractivity contribution in [1.82, 2.24) is 0 Å². The number of hydrogen-bond donors (Lipinski definition) is 3. The van der Waals surface area contributed by atoms with Gasteiger partial charge in [-0.05, 0) is 44.7 Å². The normalized spacial score (nSPS) is 53.4. The van der Waals surface area contributed by atoms with E-state index in [0.29, 0.717) is 31.4 Å². The Morgan fingerprint density at radius 2 is 1.88 bits per heavy atom. The molecular weight excluding hydrogens is 516 g/mol. The predicted molar refractivity (Wildman–Crippen MR) is 144 cm³/mol. The van der Waals surface area contributed by atoms with Crippen LogP contribution in [-0.4, -0.2) is 96.4 Å². The lowest BCUT2D eigenvalue weighted by atomic mass is 9.43. The van der Waals surface area contributed by atoms with Crippen LogP contribution in [0.4, 0.5) is 5.69 Å². The van der Waals surface area contributed by atoms with Crippen molar-refractivity contribution in [1.29, 1.82) is 0 Å². The number of carbonyl (C=O) groups excluding carboxylic acids is 1. The van der Waals surface area contributed by atoms with Crippen LogP contribution in [0.15, 0.2) is 24.3 Å². The molecule has 5 aliphatic carbocycles. The molecule has 0 radical (unpaired) electrons. The van der Waals surface area contributed by atoms with Gasteiger partial charge >= 0.3 is 5.97 Å². The predicted octanol–water partition coefficient (Wildman–Crippen LogP) is 1.86. The second-order valence-corrected chi connectivity index (χ2v) is 13.4. The number of para-hydroxylation sites is 1. The molecule has 10 nitrogen and oxygen atoms in total. The molecule has 0 aromatic heterocycles. The van der Waals surface area contributed by atoms with Gasteiger partial charge in [0.2, 0.25) is 0 Å². The van der Waals surface area contributed by atoms with Crippen LogP contribution < -0.4 is 5.73 Å². The molecule has 7 rings (SSSR count). The van der Waals surface area contributed by atoms with Crippen molar-refractivity contribution in [2.24, 2.45) is 29.1 Å². The number of likely N-dealkylation sites (tertiary alicyclic amines) is 1. The van der Waals surface area contributed by atoms with Gasteiger partial charge in [0.05, 0.1) is 35.8 Å². The highest BCUT2D eigenvalue weighted by Crippen LogP contribution is 2.80. The molecule has 13 atom stereocenters. The van der Waals surface area contributed by atoms with E-state index in [9.17, 15) is 15.0 Å². The molecule has 1 aromatic rings. The first-order valence-electron chi connectivity index (χ1n) is 14.7. The monoisotopic (exact) mass is 558 g/mol. The van der Waals surface area contributed by atoms with Gasteiger partial charge in [0.1, 0.15) is 23.8 Å². The number of nitrogens with zero attached hydrogens (tertiary/aromatic N) is 1. The molecule has 0 amide bonds. The summed E-state index contributed by atoms with van der Waals surface area (Å²) < 4.78 is 24.1. The zero-order valence-corrected chi connectivity index (χ0v) is 23.7. The fraction of sp³-hybridized carbons (Fsp3) is 0.767. The van der Waals surface area contributed by atoms with Gasteiger partial charge in [-0.15, -0.1) is 0 Å². The van der Waals surface area contributed by atoms with Crippen molar-refractivity contribution < 1.29 is 38.6 Å². The third-order valence-electron chi connectivity index (χ3n) is 12.7. The summed E-state index contributed by atoms with van der Waals surface area (Å²) in [5.41, 5.74) is 1.70. The van der Waals surface area contributed by atoms with Crippen molar-refractivity contribution in [3.63, 3.8) is 0 Å². The van der Waals surface area contributed by atoms with Crippen molar-refractivity contribution in [3.05, 3.63) is 35.0 Å². The van der Waals surface area contributed by atoms with Crippen molar-refractivity contribution in [3.8, 4) is 0 Å². The summed E-state index contributed by atoms with van der Waals surface area (Å²) in [6.45, 7) is 2.24. The molecule has 5 saturated carbocycles. The number of quaternary nitrogens is 1. The second-order valence-electron chi connectivity index (χ2n) is 13.4. The minimum absolute atomic E-state index is 0.109. The summed E-state index contributed by atoms with van der Waals surface area (Å²) in [6, 6.07) is 6.31. The van der Waals surface area contributed by atoms with Gasteiger partial charge in [0, 0.05) is 57.1 Å². The lowest BCUT2D eigenvalue weighted by Crippen LogP contribution is -2.85. The van der Waals surface area contributed by atoms with Crippen LogP contribution in [-0.2, 0) is 18.9 Å². The number of likely N-dealkylation sites (N-methyl/N-ethyl adjacent to an activating group) is 1. The minimum atomic E-state index is -1.59. The SMILES string of the molecule is CC[N+]1([O-])C[C@]2(OC(=O)c3ccccc3N)CC[C@H](OC)[C@@]34[C@@H]2C[C@@H]([C@H]31)[C@@]1(O)C[C@H](OC)[C@H]2C[C@@H]4[C@]1(O)[C@H]2OC. The first-order valence-corrected chi connectivity index (χ1v) is 14.7. The highest BCUT2D eigenvalue weighted by atomic mass is 16.6. The van der Waals surface area contributed by atoms with Gasteiger partial charge in [0.15, 0.2) is 5.60 Å². The number of esters is 1. The largest absolute Gasteiger partial charge is 0.632 e. The van der Waals surface area contributed by atoms with E-state index in [0.717, 1.165) is 0 Å². The Balaban J connectivity index is 1.44. The molecule has 1 saturated heterocycles. The minimum Gasteiger partial charge on any atom is -0.632 e. The van der Waals surface area contributed by atoms with Crippen LogP contribution >= 0.6 is 0 Å². The molecular formula is C30H42N2O8. The Bertz CT molecular complexity index is 1230. The Kier molecular flexibility index (Phi) is 5.68. The first kappa shape index (κ1) is 27.1. The molecule has 1 aromatic carbocycles. The number of nitrogens with two attached hydrogens (primary N) is 1. The standard InChI is InChI=1S/C30H42N2O8/c1-5-32(36)15-27(40-26(33)16-8-6-7-9-19(16)31)11-10-23(38-3)29-21(27)13-18(24(29)32)28(34)14-20(37-2)17-12-22(29)30(28,35)25(17)39-4/h6-9,17-18,20-25,34-35H,5,10-15,31H2,1-4H3/t17-,18+,20+,21-,22+,23+,24-,25+,27-,28+,29+,30+,32?/m1/s1. The molecule has 220 valence electrons. The van der Waals surface area contributed by atoms with Gasteiger partial charge in [-0.3, -0.25) is 0 Å². The van der Waals surface area contributed by atoms with Gasteiger partial charge in [-0.2, -0.15) is 0 Å². The Labute approximate surface area is 234 Å². The maximum atomic E-state index is 15.2. The van der Waals surface area contributed by atoms with E-state index in [1.54, 1.807) is 45.6 Å². The van der Waals surface area contributed by atoms with Crippen LogP contribution in [0, 0.1) is 34.3 Å². The number of benzene rings is 1. The number of piperidine rings is 1. The molecule has 7 bridgehead atoms. The van der Waals surface area contributed by atoms with Crippen LogP contribution in [0.3, 0.4) is 0 Å². The maximum absolute atomic E-state index is 15.2. The number of fused-ring (bicyclic) bond motifs is 2. The lowest BCUT2D eigenvalue weighted by Gasteiger charge is -2.73. The fourth-order valence-corrected chi connectivity index (χ4v) is 11.6. The van der Waals surface area contributed by atoms with E-state index >= 15 is 5.21 Å². The molecule has 40 heavy (non-hydrogen) atoms. The zero-order valence-electron chi connectivity index (χ0n) is 23.7. The average Bonchev–Trinajstić information content (AvgIpc) is 3.39. The Morgan fingerprint density at radius 1 is 1.12 bits per heavy atom. The van der Waals surface area contributed by atoms with Crippen molar-refractivity contribution in [2.45, 2.75) is 80.2 Å². The van der Waals surface area contributed by atoms with E-state index in [4.69, 9.17) is 24.7 Å². The fourth-order valence-electron chi connectivity index (χ4n) is 11.6. The number of nitrogen functional groups attached to an aromatic ring is 1. The summed E-state index contributed by atoms with van der Waals surface area (Å²) in [7, 11) is 4.90. The number of rotatable bonds is 6. The number of ether oxygens (including phenoxy) is 4. The van der Waals surface area contributed by atoms with E-state index in [1.165, 1.54) is 0 Å². The van der Waals surface area contributed by atoms with Crippen LogP contribution in [0.2, 0.25) is 0 Å². The molecule has 1 heterocycles. The van der Waals surface area contributed by atoms with Crippen LogP contribution in [0.5, 0.6) is 0 Å². The van der Waals surface area contributed by atoms with E-state index in [1.807, 2.05) is 6.92 Å². The number of anilines is 1. The Morgan fingerprint density at radius 3 is 2.52 bits per heavy atom. The third kappa shape index (κ3) is 2.77. The highest BCUT2D eigenvalue weighted by molar-refractivity contribution is 5.95. The van der Waals surface area contributed by atoms with Gasteiger partial charge in [-0.1, -0.05) is 12.1 Å². The lowest BCUT2D eigenvalue weighted by molar-refractivity contribution is -0.932. The average molecular weight is 559 g/mol. The smallest absolute Gasteiger partial charge is 0.341 e. The van der Waals surface area contributed by atoms with E-state index < -0.39 is 56.8 Å². The second kappa shape index (κ2) is 8.40. The van der Waals surface area contributed by atoms with E-state index in [2.05, 4.69) is 0 Å². The molecule has 10 heteroatoms. The number of aliphatic hydroxyl groups is 2. The number of hydroxylamine groups is 3. The van der Waals surface area contributed by atoms with Gasteiger partial charge in [0.25, 0.3) is 0 Å². The molecule has 6 fully saturated rings. The molecule has 6 aliphatic rings. The van der Waals surface area contributed by atoms with Gasteiger partial charge in [-0.25, -0.2) is 4.79 Å².